The van der Waals surface area contributed by atoms with E-state index in [0.717, 1.165) is 28.0 Å². The number of aromatic nitrogens is 4. The number of nitrogens with zero attached hydrogens (tertiary/aromatic N) is 3. The van der Waals surface area contributed by atoms with E-state index in [0.29, 0.717) is 16.6 Å². The van der Waals surface area contributed by atoms with Crippen molar-refractivity contribution in [2.75, 3.05) is 11.1 Å². The topological polar surface area (TPSA) is 123 Å². The Bertz CT molecular complexity index is 1350. The molecule has 4 rings (SSSR count). The number of amides is 1. The Labute approximate surface area is 184 Å². The van der Waals surface area contributed by atoms with Gasteiger partial charge in [-0.25, -0.2) is 9.36 Å². The number of thioether (sulfide) groups is 1. The van der Waals surface area contributed by atoms with Crippen LogP contribution in [0.5, 0.6) is 0 Å². The van der Waals surface area contributed by atoms with Gasteiger partial charge in [0.05, 0.1) is 11.4 Å². The van der Waals surface area contributed by atoms with Gasteiger partial charge in [0.2, 0.25) is 11.8 Å². The maximum Gasteiger partial charge on any atom is 0.334 e. The van der Waals surface area contributed by atoms with Gasteiger partial charge in [0, 0.05) is 16.7 Å². The normalized spacial score (nSPS) is 10.7. The molecule has 9 nitrogen and oxygen atoms in total. The van der Waals surface area contributed by atoms with Crippen LogP contribution in [0.25, 0.3) is 17.1 Å². The molecule has 0 spiro atoms. The molecule has 0 saturated heterocycles. The Hall–Kier alpha value is -3.63. The zero-order chi connectivity index (χ0) is 21.8. The fraction of sp³-hybridized carbons (Fsp3) is 0.0500. The molecule has 4 aromatic rings. The van der Waals surface area contributed by atoms with Crippen molar-refractivity contribution in [2.45, 2.75) is 5.22 Å². The Balaban J connectivity index is 1.50. The molecule has 1 amide bonds. The first-order valence-electron chi connectivity index (χ1n) is 8.93. The van der Waals surface area contributed by atoms with Crippen molar-refractivity contribution in [2.24, 2.45) is 0 Å². The second-order valence-corrected chi connectivity index (χ2v) is 7.58. The molecule has 156 valence electrons. The van der Waals surface area contributed by atoms with Gasteiger partial charge >= 0.3 is 5.69 Å². The summed E-state index contributed by atoms with van der Waals surface area (Å²) in [7, 11) is 0. The third-order valence-electron chi connectivity index (χ3n) is 4.03. The molecule has 2 aromatic heterocycles. The molecule has 2 N–H and O–H groups in total. The summed E-state index contributed by atoms with van der Waals surface area (Å²) in [4.78, 5) is 38.7. The summed E-state index contributed by atoms with van der Waals surface area (Å²) in [5.41, 5.74) is -0.195. The molecule has 2 heterocycles. The van der Waals surface area contributed by atoms with Gasteiger partial charge in [0.25, 0.3) is 10.8 Å². The zero-order valence-electron chi connectivity index (χ0n) is 15.7. The van der Waals surface area contributed by atoms with Crippen LogP contribution in [0.15, 0.2) is 79.9 Å². The highest BCUT2D eigenvalue weighted by Crippen LogP contribution is 2.23. The smallest absolute Gasteiger partial charge is 0.334 e. The van der Waals surface area contributed by atoms with E-state index in [-0.39, 0.29) is 16.8 Å². The Morgan fingerprint density at radius 1 is 1.10 bits per heavy atom. The molecule has 0 fully saturated rings. The Morgan fingerprint density at radius 3 is 2.68 bits per heavy atom. The first-order valence-corrected chi connectivity index (χ1v) is 10.3. The monoisotopic (exact) mass is 455 g/mol. The molecular weight excluding hydrogens is 442 g/mol. The minimum Gasteiger partial charge on any atom is -0.411 e. The molecule has 0 bridgehead atoms. The first-order chi connectivity index (χ1) is 15.0. The molecule has 0 radical (unpaired) electrons. The van der Waals surface area contributed by atoms with Crippen LogP contribution in [0.2, 0.25) is 5.02 Å². The SMILES string of the molecule is O=C(CSc1nnc(-c2ccccc2)o1)Nc1cc(=O)[nH]c(=O)n1-c1cccc(Cl)c1. The predicted octanol–water partition coefficient (Wildman–Crippen LogP) is 2.96. The van der Waals surface area contributed by atoms with Crippen LogP contribution in [0.4, 0.5) is 5.82 Å². The number of carbonyl (C=O) groups excluding carboxylic acids is 1. The molecular formula is C20H14ClN5O4S. The van der Waals surface area contributed by atoms with Crippen molar-refractivity contribution in [3.8, 4) is 17.1 Å². The van der Waals surface area contributed by atoms with Crippen LogP contribution in [0.3, 0.4) is 0 Å². The van der Waals surface area contributed by atoms with Gasteiger partial charge in [-0.05, 0) is 30.3 Å². The third-order valence-corrected chi connectivity index (χ3v) is 5.08. The number of halogens is 1. The van der Waals surface area contributed by atoms with E-state index in [4.69, 9.17) is 16.0 Å². The van der Waals surface area contributed by atoms with E-state index in [1.807, 2.05) is 30.3 Å². The molecule has 0 aliphatic heterocycles. The molecule has 11 heteroatoms. The lowest BCUT2D eigenvalue weighted by Gasteiger charge is -2.13. The van der Waals surface area contributed by atoms with Gasteiger partial charge in [0.15, 0.2) is 0 Å². The van der Waals surface area contributed by atoms with Crippen molar-refractivity contribution in [3.63, 3.8) is 0 Å². The number of rotatable bonds is 6. The average Bonchev–Trinajstić information content (AvgIpc) is 3.22. The van der Waals surface area contributed by atoms with Crippen molar-refractivity contribution >= 4 is 35.1 Å². The van der Waals surface area contributed by atoms with Crippen LogP contribution >= 0.6 is 23.4 Å². The van der Waals surface area contributed by atoms with Crippen molar-refractivity contribution in [3.05, 3.63) is 86.5 Å². The van der Waals surface area contributed by atoms with Crippen molar-refractivity contribution in [1.82, 2.24) is 19.7 Å². The Kier molecular flexibility index (Phi) is 6.01. The summed E-state index contributed by atoms with van der Waals surface area (Å²) in [6.45, 7) is 0. The molecule has 2 aromatic carbocycles. The van der Waals surface area contributed by atoms with Crippen molar-refractivity contribution in [1.29, 1.82) is 0 Å². The zero-order valence-corrected chi connectivity index (χ0v) is 17.3. The summed E-state index contributed by atoms with van der Waals surface area (Å²) >= 11 is 7.03. The van der Waals surface area contributed by atoms with Gasteiger partial charge in [-0.2, -0.15) is 0 Å². The molecule has 0 aliphatic rings. The molecule has 0 unspecified atom stereocenters. The fourth-order valence-electron chi connectivity index (χ4n) is 2.73. The second kappa shape index (κ2) is 9.02. The molecule has 0 saturated carbocycles. The third kappa shape index (κ3) is 4.93. The highest BCUT2D eigenvalue weighted by molar-refractivity contribution is 7.99. The molecule has 31 heavy (non-hydrogen) atoms. The number of aromatic amines is 1. The van der Waals surface area contributed by atoms with Crippen LogP contribution in [-0.4, -0.2) is 31.4 Å². The number of hydrogen-bond donors (Lipinski definition) is 2. The van der Waals surface area contributed by atoms with Gasteiger partial charge in [-0.1, -0.05) is 47.6 Å². The summed E-state index contributed by atoms with van der Waals surface area (Å²) in [6.07, 6.45) is 0. The minimum atomic E-state index is -0.706. The van der Waals surface area contributed by atoms with Crippen LogP contribution < -0.4 is 16.6 Å². The minimum absolute atomic E-state index is 0.0112. The van der Waals surface area contributed by atoms with E-state index in [1.165, 1.54) is 6.07 Å². The number of benzene rings is 2. The lowest BCUT2D eigenvalue weighted by atomic mass is 10.2. The average molecular weight is 456 g/mol. The number of carbonyl (C=O) groups is 1. The lowest BCUT2D eigenvalue weighted by Crippen LogP contribution is -2.32. The number of H-pyrrole nitrogens is 1. The highest BCUT2D eigenvalue weighted by Gasteiger charge is 2.14. The predicted molar refractivity (Wildman–Crippen MR) is 117 cm³/mol. The maximum atomic E-state index is 12.5. The van der Waals surface area contributed by atoms with E-state index >= 15 is 0 Å². The summed E-state index contributed by atoms with van der Waals surface area (Å²) in [5.74, 6) is -0.192. The quantitative estimate of drug-likeness (QED) is 0.428. The summed E-state index contributed by atoms with van der Waals surface area (Å²) in [5, 5.41) is 11.1. The van der Waals surface area contributed by atoms with Gasteiger partial charge < -0.3 is 9.73 Å². The van der Waals surface area contributed by atoms with Gasteiger partial charge in [-0.15, -0.1) is 10.2 Å². The highest BCUT2D eigenvalue weighted by atomic mass is 35.5. The number of hydrogen-bond acceptors (Lipinski definition) is 7. The molecule has 0 atom stereocenters. The molecule has 0 aliphatic carbocycles. The number of nitrogens with one attached hydrogen (secondary N) is 2. The van der Waals surface area contributed by atoms with Crippen LogP contribution in [-0.2, 0) is 4.79 Å². The van der Waals surface area contributed by atoms with E-state index in [2.05, 4.69) is 20.5 Å². The standard InChI is InChI=1S/C20H14ClN5O4S/c21-13-7-4-8-14(9-13)26-15(10-16(27)23-19(26)29)22-17(28)11-31-20-25-24-18(30-20)12-5-2-1-3-6-12/h1-10H,11H2,(H,22,28)(H,23,27,29). The van der Waals surface area contributed by atoms with E-state index in [1.54, 1.807) is 18.2 Å². The largest absolute Gasteiger partial charge is 0.411 e. The Morgan fingerprint density at radius 2 is 1.90 bits per heavy atom. The first kappa shape index (κ1) is 20.6. The second-order valence-electron chi connectivity index (χ2n) is 6.22. The fourth-order valence-corrected chi connectivity index (χ4v) is 3.48. The lowest BCUT2D eigenvalue weighted by molar-refractivity contribution is -0.113. The summed E-state index contributed by atoms with van der Waals surface area (Å²) < 4.78 is 6.70. The van der Waals surface area contributed by atoms with E-state index < -0.39 is 17.2 Å². The maximum absolute atomic E-state index is 12.5. The van der Waals surface area contributed by atoms with Gasteiger partial charge in [0.1, 0.15) is 5.82 Å². The van der Waals surface area contributed by atoms with Crippen molar-refractivity contribution < 1.29 is 9.21 Å². The summed E-state index contributed by atoms with van der Waals surface area (Å²) in [6, 6.07) is 16.8. The number of anilines is 1. The van der Waals surface area contributed by atoms with Gasteiger partial charge in [-0.3, -0.25) is 14.6 Å². The van der Waals surface area contributed by atoms with Crippen LogP contribution in [0, 0.1) is 0 Å². The van der Waals surface area contributed by atoms with E-state index in [9.17, 15) is 14.4 Å². The van der Waals surface area contributed by atoms with Crippen LogP contribution in [0.1, 0.15) is 0 Å².